The molecule has 0 aliphatic carbocycles. The highest BCUT2D eigenvalue weighted by atomic mass is 32.2. The number of benzene rings is 1. The van der Waals surface area contributed by atoms with Crippen LogP contribution in [0.25, 0.3) is 0 Å². The predicted octanol–water partition coefficient (Wildman–Crippen LogP) is 1.79. The molecule has 0 aliphatic heterocycles. The van der Waals surface area contributed by atoms with Crippen LogP contribution in [-0.4, -0.2) is 44.6 Å². The van der Waals surface area contributed by atoms with Crippen molar-refractivity contribution < 1.29 is 13.2 Å². The molecule has 0 atom stereocenters. The maximum Gasteiger partial charge on any atom is 0.319 e. The molecular weight excluding hydrogens is 290 g/mol. The zero-order valence-electron chi connectivity index (χ0n) is 12.7. The van der Waals surface area contributed by atoms with Gasteiger partial charge in [-0.3, -0.25) is 0 Å². The molecule has 0 radical (unpaired) electrons. The molecule has 0 unspecified atom stereocenters. The number of sulfonamides is 1. The van der Waals surface area contributed by atoms with Crippen LogP contribution in [0.5, 0.6) is 0 Å². The van der Waals surface area contributed by atoms with E-state index in [4.69, 9.17) is 0 Å². The first-order valence-corrected chi connectivity index (χ1v) is 8.75. The minimum Gasteiger partial charge on any atom is -0.338 e. The summed E-state index contributed by atoms with van der Waals surface area (Å²) >= 11 is 0. The van der Waals surface area contributed by atoms with Gasteiger partial charge in [-0.1, -0.05) is 25.1 Å². The lowest BCUT2D eigenvalue weighted by molar-refractivity contribution is 0.251. The monoisotopic (exact) mass is 313 g/mol. The van der Waals surface area contributed by atoms with Gasteiger partial charge in [-0.05, 0) is 25.0 Å². The molecule has 1 aromatic carbocycles. The number of para-hydroxylation sites is 1. The Morgan fingerprint density at radius 1 is 1.29 bits per heavy atom. The third kappa shape index (κ3) is 6.14. The van der Waals surface area contributed by atoms with E-state index in [9.17, 15) is 13.2 Å². The van der Waals surface area contributed by atoms with Gasteiger partial charge in [0.05, 0.1) is 6.26 Å². The second-order valence-electron chi connectivity index (χ2n) is 4.80. The SMILES string of the molecule is CCN(CCCNC(=O)Nc1ccccc1C)S(C)(=O)=O. The van der Waals surface area contributed by atoms with Crippen LogP contribution < -0.4 is 10.6 Å². The van der Waals surface area contributed by atoms with Crippen LogP contribution in [0.2, 0.25) is 0 Å². The number of hydrogen-bond acceptors (Lipinski definition) is 3. The second kappa shape index (κ2) is 7.99. The van der Waals surface area contributed by atoms with Gasteiger partial charge in [0, 0.05) is 25.3 Å². The van der Waals surface area contributed by atoms with Crippen molar-refractivity contribution >= 4 is 21.7 Å². The van der Waals surface area contributed by atoms with Crippen LogP contribution in [0.15, 0.2) is 24.3 Å². The summed E-state index contributed by atoms with van der Waals surface area (Å²) in [7, 11) is -3.16. The molecule has 0 aromatic heterocycles. The highest BCUT2D eigenvalue weighted by molar-refractivity contribution is 7.88. The van der Waals surface area contributed by atoms with Crippen LogP contribution >= 0.6 is 0 Å². The third-order valence-electron chi connectivity index (χ3n) is 3.08. The lowest BCUT2D eigenvalue weighted by Crippen LogP contribution is -2.34. The fourth-order valence-electron chi connectivity index (χ4n) is 1.90. The number of anilines is 1. The fourth-order valence-corrected chi connectivity index (χ4v) is 2.83. The molecule has 0 fully saturated rings. The van der Waals surface area contributed by atoms with Gasteiger partial charge in [0.1, 0.15) is 0 Å². The zero-order valence-corrected chi connectivity index (χ0v) is 13.5. The number of hydrogen-bond donors (Lipinski definition) is 2. The van der Waals surface area contributed by atoms with Gasteiger partial charge in [0.2, 0.25) is 10.0 Å². The molecule has 2 amide bonds. The van der Waals surface area contributed by atoms with Gasteiger partial charge in [-0.25, -0.2) is 17.5 Å². The van der Waals surface area contributed by atoms with E-state index >= 15 is 0 Å². The van der Waals surface area contributed by atoms with Crippen molar-refractivity contribution in [2.24, 2.45) is 0 Å². The number of carbonyl (C=O) groups is 1. The van der Waals surface area contributed by atoms with Gasteiger partial charge < -0.3 is 10.6 Å². The Morgan fingerprint density at radius 3 is 2.52 bits per heavy atom. The molecule has 0 aliphatic rings. The van der Waals surface area contributed by atoms with Crippen molar-refractivity contribution in [1.29, 1.82) is 0 Å². The summed E-state index contributed by atoms with van der Waals surface area (Å²) in [5.74, 6) is 0. The summed E-state index contributed by atoms with van der Waals surface area (Å²) in [5, 5.41) is 5.48. The van der Waals surface area contributed by atoms with E-state index in [2.05, 4.69) is 10.6 Å². The third-order valence-corrected chi connectivity index (χ3v) is 4.46. The lowest BCUT2D eigenvalue weighted by atomic mass is 10.2. The molecule has 0 saturated heterocycles. The maximum absolute atomic E-state index is 11.7. The van der Waals surface area contributed by atoms with Crippen LogP contribution in [0.3, 0.4) is 0 Å². The highest BCUT2D eigenvalue weighted by Gasteiger charge is 2.13. The standard InChI is InChI=1S/C14H23N3O3S/c1-4-17(21(3,19)20)11-7-10-15-14(18)16-13-9-6-5-8-12(13)2/h5-6,8-9H,4,7,10-11H2,1-3H3,(H2,15,16,18). The molecule has 0 spiro atoms. The average Bonchev–Trinajstić information content (AvgIpc) is 2.40. The van der Waals surface area contributed by atoms with Crippen LogP contribution in [-0.2, 0) is 10.0 Å². The molecule has 2 N–H and O–H groups in total. The molecular formula is C14H23N3O3S. The number of amides is 2. The van der Waals surface area contributed by atoms with E-state index in [0.717, 1.165) is 11.3 Å². The molecule has 0 bridgehead atoms. The lowest BCUT2D eigenvalue weighted by Gasteiger charge is -2.17. The number of nitrogens with zero attached hydrogens (tertiary/aromatic N) is 1. The Labute approximate surface area is 126 Å². The van der Waals surface area contributed by atoms with Crippen molar-refractivity contribution in [3.63, 3.8) is 0 Å². The Bertz CT molecular complexity index is 573. The van der Waals surface area contributed by atoms with Crippen molar-refractivity contribution in [1.82, 2.24) is 9.62 Å². The Balaban J connectivity index is 2.33. The Morgan fingerprint density at radius 2 is 1.95 bits per heavy atom. The first-order chi connectivity index (χ1) is 9.84. The van der Waals surface area contributed by atoms with Crippen LogP contribution in [0.4, 0.5) is 10.5 Å². The fraction of sp³-hybridized carbons (Fsp3) is 0.500. The molecule has 118 valence electrons. The second-order valence-corrected chi connectivity index (χ2v) is 6.79. The summed E-state index contributed by atoms with van der Waals surface area (Å²) in [6.45, 7) is 4.97. The summed E-state index contributed by atoms with van der Waals surface area (Å²) in [6.07, 6.45) is 1.76. The smallest absolute Gasteiger partial charge is 0.319 e. The molecule has 21 heavy (non-hydrogen) atoms. The van der Waals surface area contributed by atoms with Crippen molar-refractivity contribution in [2.45, 2.75) is 20.3 Å². The van der Waals surface area contributed by atoms with Gasteiger partial charge >= 0.3 is 6.03 Å². The number of nitrogens with one attached hydrogen (secondary N) is 2. The van der Waals surface area contributed by atoms with E-state index in [-0.39, 0.29) is 6.03 Å². The van der Waals surface area contributed by atoms with Gasteiger partial charge in [0.15, 0.2) is 0 Å². The Kier molecular flexibility index (Phi) is 6.64. The van der Waals surface area contributed by atoms with Gasteiger partial charge in [0.25, 0.3) is 0 Å². The zero-order chi connectivity index (χ0) is 15.9. The van der Waals surface area contributed by atoms with Crippen molar-refractivity contribution in [3.05, 3.63) is 29.8 Å². The summed E-state index contributed by atoms with van der Waals surface area (Å²) in [5.41, 5.74) is 1.75. The van der Waals surface area contributed by atoms with E-state index < -0.39 is 10.0 Å². The normalized spacial score (nSPS) is 11.4. The van der Waals surface area contributed by atoms with Gasteiger partial charge in [-0.2, -0.15) is 0 Å². The van der Waals surface area contributed by atoms with E-state index in [0.29, 0.717) is 26.1 Å². The quantitative estimate of drug-likeness (QED) is 0.753. The minimum absolute atomic E-state index is 0.285. The summed E-state index contributed by atoms with van der Waals surface area (Å²) in [6, 6.07) is 7.22. The van der Waals surface area contributed by atoms with Crippen LogP contribution in [0, 0.1) is 6.92 Å². The molecule has 0 saturated carbocycles. The average molecular weight is 313 g/mol. The maximum atomic E-state index is 11.7. The molecule has 1 rings (SSSR count). The number of aryl methyl sites for hydroxylation is 1. The predicted molar refractivity (Wildman–Crippen MR) is 84.9 cm³/mol. The summed E-state index contributed by atoms with van der Waals surface area (Å²) in [4.78, 5) is 11.7. The van der Waals surface area contributed by atoms with Crippen LogP contribution in [0.1, 0.15) is 18.9 Å². The largest absolute Gasteiger partial charge is 0.338 e. The topological polar surface area (TPSA) is 78.5 Å². The number of urea groups is 1. The molecule has 1 aromatic rings. The first kappa shape index (κ1) is 17.5. The summed E-state index contributed by atoms with van der Waals surface area (Å²) < 4.78 is 24.2. The van der Waals surface area contributed by atoms with Gasteiger partial charge in [-0.15, -0.1) is 0 Å². The van der Waals surface area contributed by atoms with E-state index in [1.165, 1.54) is 10.6 Å². The Hall–Kier alpha value is -1.60. The van der Waals surface area contributed by atoms with E-state index in [1.807, 2.05) is 31.2 Å². The van der Waals surface area contributed by atoms with Crippen molar-refractivity contribution in [2.75, 3.05) is 31.2 Å². The molecule has 6 nitrogen and oxygen atoms in total. The first-order valence-electron chi connectivity index (χ1n) is 6.90. The molecule has 7 heteroatoms. The number of carbonyl (C=O) groups excluding carboxylic acids is 1. The minimum atomic E-state index is -3.16. The van der Waals surface area contributed by atoms with Crippen molar-refractivity contribution in [3.8, 4) is 0 Å². The molecule has 0 heterocycles. The van der Waals surface area contributed by atoms with E-state index in [1.54, 1.807) is 6.92 Å². The number of rotatable bonds is 7. The highest BCUT2D eigenvalue weighted by Crippen LogP contribution is 2.12.